The van der Waals surface area contributed by atoms with E-state index < -0.39 is 12.2 Å². The Morgan fingerprint density at radius 1 is 0.884 bits per heavy atom. The number of aliphatic hydroxyl groups is 2. The molecule has 0 radical (unpaired) electrons. The summed E-state index contributed by atoms with van der Waals surface area (Å²) >= 11 is 0. The van der Waals surface area contributed by atoms with E-state index in [0.717, 1.165) is 36.3 Å². The van der Waals surface area contributed by atoms with Crippen molar-refractivity contribution in [3.8, 4) is 17.6 Å². The van der Waals surface area contributed by atoms with Crippen molar-refractivity contribution in [2.24, 2.45) is 0 Å². The molecule has 3 aromatic carbocycles. The van der Waals surface area contributed by atoms with Gasteiger partial charge in [0.15, 0.2) is 0 Å². The predicted octanol–water partition coefficient (Wildman–Crippen LogP) is 3.60. The maximum atomic E-state index is 13.5. The van der Waals surface area contributed by atoms with Gasteiger partial charge in [0.2, 0.25) is 0 Å². The van der Waals surface area contributed by atoms with Crippen molar-refractivity contribution < 1.29 is 19.7 Å². The molecule has 224 valence electrons. The zero-order chi connectivity index (χ0) is 29.9. The van der Waals surface area contributed by atoms with E-state index in [1.165, 1.54) is 5.56 Å². The summed E-state index contributed by atoms with van der Waals surface area (Å²) in [5.41, 5.74) is 3.76. The summed E-state index contributed by atoms with van der Waals surface area (Å²) < 4.78 is 5.82. The fourth-order valence-electron chi connectivity index (χ4n) is 6.14. The largest absolute Gasteiger partial charge is 0.490 e. The molecule has 43 heavy (non-hydrogen) atoms. The number of urea groups is 1. The number of anilines is 1. The van der Waals surface area contributed by atoms with Crippen LogP contribution in [-0.4, -0.2) is 102 Å². The minimum absolute atomic E-state index is 0.00609. The smallest absolute Gasteiger partial charge is 0.321 e. The Hall–Kier alpha value is -3.87. The molecule has 0 aromatic heterocycles. The van der Waals surface area contributed by atoms with E-state index in [9.17, 15) is 15.0 Å². The Morgan fingerprint density at radius 3 is 2.19 bits per heavy atom. The summed E-state index contributed by atoms with van der Waals surface area (Å²) in [7, 11) is 4.09. The van der Waals surface area contributed by atoms with Crippen LogP contribution in [-0.2, 0) is 0 Å². The highest BCUT2D eigenvalue weighted by atomic mass is 16.5. The van der Waals surface area contributed by atoms with Crippen LogP contribution >= 0.6 is 0 Å². The Morgan fingerprint density at radius 2 is 1.53 bits per heavy atom. The molecule has 0 bridgehead atoms. The van der Waals surface area contributed by atoms with Gasteiger partial charge in [0.1, 0.15) is 5.75 Å². The van der Waals surface area contributed by atoms with Crippen molar-refractivity contribution in [3.05, 3.63) is 95.6 Å². The van der Waals surface area contributed by atoms with Crippen LogP contribution in [0.4, 0.5) is 10.5 Å². The van der Waals surface area contributed by atoms with Gasteiger partial charge in [-0.15, -0.1) is 0 Å². The summed E-state index contributed by atoms with van der Waals surface area (Å²) in [6.45, 7) is 1.64. The van der Waals surface area contributed by atoms with E-state index in [-0.39, 0.29) is 30.6 Å². The number of nitrogens with zero attached hydrogens (tertiary/aromatic N) is 3. The Balaban J connectivity index is 1.20. The number of ether oxygens (including phenoxy) is 1. The monoisotopic (exact) mass is 580 g/mol. The van der Waals surface area contributed by atoms with Crippen molar-refractivity contribution in [1.82, 2.24) is 14.7 Å². The number of carbonyl (C=O) groups is 1. The molecule has 1 aliphatic carbocycles. The van der Waals surface area contributed by atoms with Gasteiger partial charge in [-0.25, -0.2) is 4.79 Å². The molecule has 1 saturated carbocycles. The highest BCUT2D eigenvalue weighted by Gasteiger charge is 2.51. The van der Waals surface area contributed by atoms with Gasteiger partial charge in [0.25, 0.3) is 0 Å². The molecular weight excluding hydrogens is 540 g/mol. The number of carbonyl (C=O) groups excluding carboxylic acids is 1. The minimum Gasteiger partial charge on any atom is -0.490 e. The number of fused-ring (bicyclic) bond motifs is 1. The summed E-state index contributed by atoms with van der Waals surface area (Å²) in [6, 6.07) is 25.5. The van der Waals surface area contributed by atoms with E-state index in [2.05, 4.69) is 51.2 Å². The number of likely N-dealkylation sites (N-methyl/N-ethyl adjacent to an activating group) is 1. The fourth-order valence-corrected chi connectivity index (χ4v) is 6.14. The number of amides is 2. The second kappa shape index (κ2) is 12.8. The fraction of sp³-hybridized carbons (Fsp3) is 0.400. The third-order valence-corrected chi connectivity index (χ3v) is 8.53. The summed E-state index contributed by atoms with van der Waals surface area (Å²) in [6.07, 6.45) is 0.481. The summed E-state index contributed by atoms with van der Waals surface area (Å²) in [5, 5.41) is 24.7. The molecule has 3 N–H and O–H groups in total. The highest BCUT2D eigenvalue weighted by Crippen LogP contribution is 2.42. The quantitative estimate of drug-likeness (QED) is 0.387. The molecule has 5 atom stereocenters. The molecule has 2 amide bonds. The van der Waals surface area contributed by atoms with Gasteiger partial charge >= 0.3 is 6.03 Å². The average Bonchev–Trinajstić information content (AvgIpc) is 3.82. The summed E-state index contributed by atoms with van der Waals surface area (Å²) in [4.78, 5) is 19.6. The lowest BCUT2D eigenvalue weighted by Crippen LogP contribution is -2.71. The van der Waals surface area contributed by atoms with Crippen molar-refractivity contribution in [2.75, 3.05) is 45.6 Å². The second-order valence-corrected chi connectivity index (χ2v) is 12.2. The van der Waals surface area contributed by atoms with Crippen LogP contribution in [0.25, 0.3) is 0 Å². The van der Waals surface area contributed by atoms with Gasteiger partial charge in [0, 0.05) is 54.5 Å². The molecular formula is C35H40N4O4. The van der Waals surface area contributed by atoms with Crippen LogP contribution in [0.2, 0.25) is 0 Å². The first-order chi connectivity index (χ1) is 20.8. The number of aliphatic hydroxyl groups excluding tert-OH is 2. The van der Waals surface area contributed by atoms with E-state index in [1.807, 2.05) is 68.7 Å². The van der Waals surface area contributed by atoms with E-state index >= 15 is 0 Å². The first-order valence-electron chi connectivity index (χ1n) is 15.1. The van der Waals surface area contributed by atoms with Crippen LogP contribution < -0.4 is 10.1 Å². The molecule has 4 unspecified atom stereocenters. The molecule has 2 saturated heterocycles. The lowest BCUT2D eigenvalue weighted by atomic mass is 9.73. The molecule has 3 aromatic rings. The van der Waals surface area contributed by atoms with Crippen molar-refractivity contribution in [2.45, 2.75) is 49.2 Å². The average molecular weight is 581 g/mol. The Bertz CT molecular complexity index is 1450. The van der Waals surface area contributed by atoms with Crippen molar-refractivity contribution in [3.63, 3.8) is 0 Å². The molecule has 2 heterocycles. The van der Waals surface area contributed by atoms with Gasteiger partial charge < -0.3 is 30.1 Å². The van der Waals surface area contributed by atoms with Crippen LogP contribution in [0.3, 0.4) is 0 Å². The first kappa shape index (κ1) is 29.2. The lowest BCUT2D eigenvalue weighted by molar-refractivity contribution is -0.105. The molecule has 2 aliphatic heterocycles. The van der Waals surface area contributed by atoms with Gasteiger partial charge in [-0.05, 0) is 81.0 Å². The number of β-amino-alcohol motifs (C(OH)–C–C–N with tert-alkyl or cyclic N) is 1. The highest BCUT2D eigenvalue weighted by molar-refractivity contribution is 5.89. The third-order valence-electron chi connectivity index (χ3n) is 8.53. The Kier molecular flexibility index (Phi) is 8.68. The van der Waals surface area contributed by atoms with Crippen LogP contribution in [0.1, 0.15) is 35.4 Å². The van der Waals surface area contributed by atoms with E-state index in [4.69, 9.17) is 4.74 Å². The standard InChI is InChI=1S/C35H40N4O4/c1-37(2)20-30-34(26-12-10-25(11-13-26)9-8-24-6-4-3-5-7-24)31-21-38(22-32(40)33(41)23-39(30)31)35(42)36-27-14-16-28(17-15-27)43-29-18-19-29/h3-7,10-17,29-34,40-41H,18-23H2,1-2H3,(H,36,42)/t30-,31?,32?,33?,34?/m1/s1. The second-order valence-electron chi connectivity index (χ2n) is 12.2. The number of hydrogen-bond acceptors (Lipinski definition) is 6. The molecule has 3 fully saturated rings. The van der Waals surface area contributed by atoms with Crippen LogP contribution in [0.15, 0.2) is 78.9 Å². The summed E-state index contributed by atoms with van der Waals surface area (Å²) in [5.74, 6) is 7.42. The normalized spacial score (nSPS) is 25.4. The van der Waals surface area contributed by atoms with Crippen LogP contribution in [0, 0.1) is 11.8 Å². The predicted molar refractivity (Wildman–Crippen MR) is 167 cm³/mol. The number of nitrogens with one attached hydrogen (secondary N) is 1. The number of benzene rings is 3. The number of rotatable bonds is 6. The maximum absolute atomic E-state index is 13.5. The van der Waals surface area contributed by atoms with Crippen molar-refractivity contribution >= 4 is 11.7 Å². The first-order valence-corrected chi connectivity index (χ1v) is 15.1. The van der Waals surface area contributed by atoms with Crippen LogP contribution in [0.5, 0.6) is 5.75 Å². The molecule has 3 aliphatic rings. The molecule has 0 spiro atoms. The molecule has 6 rings (SSSR count). The van der Waals surface area contributed by atoms with Gasteiger partial charge in [-0.2, -0.15) is 0 Å². The van der Waals surface area contributed by atoms with E-state index in [1.54, 1.807) is 4.90 Å². The molecule has 8 nitrogen and oxygen atoms in total. The third kappa shape index (κ3) is 7.03. The Labute approximate surface area is 253 Å². The zero-order valence-electron chi connectivity index (χ0n) is 24.8. The zero-order valence-corrected chi connectivity index (χ0v) is 24.8. The lowest BCUT2D eigenvalue weighted by Gasteiger charge is -2.59. The van der Waals surface area contributed by atoms with Gasteiger partial charge in [-0.1, -0.05) is 42.2 Å². The van der Waals surface area contributed by atoms with Gasteiger partial charge in [0.05, 0.1) is 24.9 Å². The minimum atomic E-state index is -1.04. The van der Waals surface area contributed by atoms with Gasteiger partial charge in [-0.3, -0.25) is 4.90 Å². The molecule has 8 heteroatoms. The number of hydrogen-bond donors (Lipinski definition) is 3. The van der Waals surface area contributed by atoms with Crippen molar-refractivity contribution in [1.29, 1.82) is 0 Å². The SMILES string of the molecule is CN(C)C[C@@H]1C(c2ccc(C#Cc3ccccc3)cc2)C2CN(C(=O)Nc3ccc(OC4CC4)cc3)CC(O)C(O)CN21. The maximum Gasteiger partial charge on any atom is 0.321 e. The topological polar surface area (TPSA) is 88.5 Å². The van der Waals surface area contributed by atoms with E-state index in [0.29, 0.717) is 24.9 Å².